The summed E-state index contributed by atoms with van der Waals surface area (Å²) in [7, 11) is 0. The molecule has 146 valence electrons. The Balaban J connectivity index is 1.69. The van der Waals surface area contributed by atoms with Crippen molar-refractivity contribution in [3.8, 4) is 0 Å². The average molecular weight is 387 g/mol. The van der Waals surface area contributed by atoms with Crippen LogP contribution in [0.2, 0.25) is 0 Å². The molecule has 0 aliphatic carbocycles. The Bertz CT molecular complexity index is 1210. The second-order valence-electron chi connectivity index (χ2n) is 6.99. The summed E-state index contributed by atoms with van der Waals surface area (Å²) in [6, 6.07) is 18.6. The monoisotopic (exact) mass is 387 g/mol. The van der Waals surface area contributed by atoms with Crippen molar-refractivity contribution in [3.05, 3.63) is 94.3 Å². The molecule has 2 heterocycles. The lowest BCUT2D eigenvalue weighted by Crippen LogP contribution is -2.37. The second-order valence-corrected chi connectivity index (χ2v) is 6.99. The first-order chi connectivity index (χ1) is 14.0. The fourth-order valence-electron chi connectivity index (χ4n) is 3.33. The minimum atomic E-state index is -0.276. The number of fused-ring (bicyclic) bond motifs is 1. The zero-order valence-electron chi connectivity index (χ0n) is 16.3. The number of hydrogen-bond donors (Lipinski definition) is 0. The first-order valence-electron chi connectivity index (χ1n) is 9.39. The quantitative estimate of drug-likeness (QED) is 0.522. The molecule has 4 rings (SSSR count). The SMILES string of the molecule is Cc1ccc(N(Cc2ccco2)C(=O)Cn2nc(C)c3ccccc3c2=O)cc1. The number of anilines is 1. The van der Waals surface area contributed by atoms with Crippen LogP contribution in [0, 0.1) is 13.8 Å². The molecule has 2 aromatic heterocycles. The number of aromatic nitrogens is 2. The largest absolute Gasteiger partial charge is 0.467 e. The molecule has 0 aliphatic heterocycles. The molecule has 0 aliphatic rings. The summed E-state index contributed by atoms with van der Waals surface area (Å²) in [6.45, 7) is 3.95. The highest BCUT2D eigenvalue weighted by Crippen LogP contribution is 2.19. The number of furan rings is 1. The molecule has 0 atom stereocenters. The number of rotatable bonds is 5. The number of carbonyl (C=O) groups is 1. The first-order valence-corrected chi connectivity index (χ1v) is 9.39. The van der Waals surface area contributed by atoms with Gasteiger partial charge in [0.05, 0.1) is 23.9 Å². The van der Waals surface area contributed by atoms with Crippen LogP contribution in [0.15, 0.2) is 76.1 Å². The van der Waals surface area contributed by atoms with Gasteiger partial charge in [0.15, 0.2) is 0 Å². The van der Waals surface area contributed by atoms with Crippen molar-refractivity contribution >= 4 is 22.4 Å². The second kappa shape index (κ2) is 7.75. The van der Waals surface area contributed by atoms with Crippen molar-refractivity contribution in [3.63, 3.8) is 0 Å². The van der Waals surface area contributed by atoms with E-state index in [0.29, 0.717) is 16.8 Å². The highest BCUT2D eigenvalue weighted by Gasteiger charge is 2.20. The minimum Gasteiger partial charge on any atom is -0.467 e. The average Bonchev–Trinajstić information content (AvgIpc) is 3.24. The highest BCUT2D eigenvalue weighted by molar-refractivity contribution is 5.93. The number of aryl methyl sites for hydroxylation is 2. The molecule has 6 nitrogen and oxygen atoms in total. The van der Waals surface area contributed by atoms with Crippen LogP contribution in [-0.4, -0.2) is 15.7 Å². The Morgan fingerprint density at radius 2 is 1.72 bits per heavy atom. The summed E-state index contributed by atoms with van der Waals surface area (Å²) >= 11 is 0. The van der Waals surface area contributed by atoms with Crippen LogP contribution in [0.3, 0.4) is 0 Å². The normalized spacial score (nSPS) is 11.0. The number of carbonyl (C=O) groups excluding carboxylic acids is 1. The van der Waals surface area contributed by atoms with Crippen molar-refractivity contribution in [2.45, 2.75) is 26.9 Å². The lowest BCUT2D eigenvalue weighted by molar-refractivity contribution is -0.119. The molecule has 0 bridgehead atoms. The Hall–Kier alpha value is -3.67. The van der Waals surface area contributed by atoms with Crippen LogP contribution in [0.4, 0.5) is 5.69 Å². The van der Waals surface area contributed by atoms with Gasteiger partial charge in [-0.05, 0) is 44.2 Å². The molecule has 0 unspecified atom stereocenters. The standard InChI is InChI=1S/C23H21N3O3/c1-16-9-11-18(12-10-16)25(14-19-6-5-13-29-19)22(27)15-26-23(28)21-8-4-3-7-20(21)17(2)24-26/h3-13H,14-15H2,1-2H3. The van der Waals surface area contributed by atoms with E-state index >= 15 is 0 Å². The summed E-state index contributed by atoms with van der Waals surface area (Å²) in [4.78, 5) is 27.7. The van der Waals surface area contributed by atoms with Gasteiger partial charge in [0, 0.05) is 11.1 Å². The molecular weight excluding hydrogens is 366 g/mol. The number of benzene rings is 2. The van der Waals surface area contributed by atoms with E-state index in [0.717, 1.165) is 16.6 Å². The van der Waals surface area contributed by atoms with E-state index in [1.807, 2.05) is 62.4 Å². The maximum Gasteiger partial charge on any atom is 0.275 e. The molecule has 4 aromatic rings. The van der Waals surface area contributed by atoms with E-state index in [9.17, 15) is 9.59 Å². The summed E-state index contributed by atoms with van der Waals surface area (Å²) < 4.78 is 6.67. The molecule has 0 spiro atoms. The third kappa shape index (κ3) is 3.82. The van der Waals surface area contributed by atoms with Crippen molar-refractivity contribution < 1.29 is 9.21 Å². The molecular formula is C23H21N3O3. The van der Waals surface area contributed by atoms with Gasteiger partial charge in [-0.1, -0.05) is 35.9 Å². The molecule has 29 heavy (non-hydrogen) atoms. The lowest BCUT2D eigenvalue weighted by Gasteiger charge is -2.22. The van der Waals surface area contributed by atoms with E-state index < -0.39 is 0 Å². The highest BCUT2D eigenvalue weighted by atomic mass is 16.3. The van der Waals surface area contributed by atoms with Gasteiger partial charge in [-0.3, -0.25) is 9.59 Å². The van der Waals surface area contributed by atoms with Gasteiger partial charge in [0.2, 0.25) is 5.91 Å². The zero-order chi connectivity index (χ0) is 20.4. The van der Waals surface area contributed by atoms with Gasteiger partial charge >= 0.3 is 0 Å². The summed E-state index contributed by atoms with van der Waals surface area (Å²) in [5.74, 6) is 0.420. The summed E-state index contributed by atoms with van der Waals surface area (Å²) in [6.07, 6.45) is 1.58. The zero-order valence-corrected chi connectivity index (χ0v) is 16.3. The van der Waals surface area contributed by atoms with Gasteiger partial charge in [-0.15, -0.1) is 0 Å². The van der Waals surface area contributed by atoms with E-state index in [4.69, 9.17) is 4.42 Å². The van der Waals surface area contributed by atoms with Crippen LogP contribution in [0.5, 0.6) is 0 Å². The predicted molar refractivity (Wildman–Crippen MR) is 112 cm³/mol. The van der Waals surface area contributed by atoms with Crippen LogP contribution in [-0.2, 0) is 17.9 Å². The Morgan fingerprint density at radius 3 is 2.41 bits per heavy atom. The minimum absolute atomic E-state index is 0.154. The number of amides is 1. The van der Waals surface area contributed by atoms with Crippen molar-refractivity contribution in [2.75, 3.05) is 4.90 Å². The van der Waals surface area contributed by atoms with E-state index in [-0.39, 0.29) is 24.6 Å². The predicted octanol–water partition coefficient (Wildman–Crippen LogP) is 3.84. The Morgan fingerprint density at radius 1 is 1.00 bits per heavy atom. The molecule has 6 heteroatoms. The Labute approximate surface area is 168 Å². The van der Waals surface area contributed by atoms with Gasteiger partial charge < -0.3 is 9.32 Å². The molecule has 0 N–H and O–H groups in total. The van der Waals surface area contributed by atoms with Gasteiger partial charge in [-0.25, -0.2) is 4.68 Å². The third-order valence-electron chi connectivity index (χ3n) is 4.88. The van der Waals surface area contributed by atoms with E-state index in [1.54, 1.807) is 23.3 Å². The molecule has 0 saturated carbocycles. The summed E-state index contributed by atoms with van der Waals surface area (Å²) in [5, 5.41) is 5.72. The smallest absolute Gasteiger partial charge is 0.275 e. The topological polar surface area (TPSA) is 68.3 Å². The van der Waals surface area contributed by atoms with Crippen molar-refractivity contribution in [1.29, 1.82) is 0 Å². The van der Waals surface area contributed by atoms with E-state index in [2.05, 4.69) is 5.10 Å². The van der Waals surface area contributed by atoms with Crippen LogP contribution < -0.4 is 10.5 Å². The van der Waals surface area contributed by atoms with Gasteiger partial charge in [0.25, 0.3) is 5.56 Å². The van der Waals surface area contributed by atoms with Crippen molar-refractivity contribution in [2.24, 2.45) is 0 Å². The molecule has 0 saturated heterocycles. The Kier molecular flexibility index (Phi) is 4.99. The first kappa shape index (κ1) is 18.7. The van der Waals surface area contributed by atoms with E-state index in [1.165, 1.54) is 4.68 Å². The van der Waals surface area contributed by atoms with Crippen LogP contribution >= 0.6 is 0 Å². The number of hydrogen-bond acceptors (Lipinski definition) is 4. The van der Waals surface area contributed by atoms with Gasteiger partial charge in [-0.2, -0.15) is 5.10 Å². The molecule has 1 amide bonds. The van der Waals surface area contributed by atoms with Crippen LogP contribution in [0.1, 0.15) is 17.0 Å². The van der Waals surface area contributed by atoms with Gasteiger partial charge in [0.1, 0.15) is 12.3 Å². The maximum atomic E-state index is 13.2. The number of nitrogens with zero attached hydrogens (tertiary/aromatic N) is 3. The summed E-state index contributed by atoms with van der Waals surface area (Å²) in [5.41, 5.74) is 2.27. The lowest BCUT2D eigenvalue weighted by atomic mass is 10.1. The fraction of sp³-hybridized carbons (Fsp3) is 0.174. The molecule has 2 aromatic carbocycles. The molecule has 0 radical (unpaired) electrons. The van der Waals surface area contributed by atoms with Crippen LogP contribution in [0.25, 0.3) is 10.8 Å². The molecule has 0 fully saturated rings. The van der Waals surface area contributed by atoms with Crippen molar-refractivity contribution in [1.82, 2.24) is 9.78 Å². The fourth-order valence-corrected chi connectivity index (χ4v) is 3.33. The third-order valence-corrected chi connectivity index (χ3v) is 4.88. The maximum absolute atomic E-state index is 13.2.